The van der Waals surface area contributed by atoms with Crippen LogP contribution in [0.4, 0.5) is 18.0 Å². The van der Waals surface area contributed by atoms with Gasteiger partial charge in [0.25, 0.3) is 0 Å². The molecular weight excluding hydrogens is 381 g/mol. The summed E-state index contributed by atoms with van der Waals surface area (Å²) in [4.78, 5) is 16.6. The number of carbonyl (C=O) groups is 1. The van der Waals surface area contributed by atoms with Gasteiger partial charge in [0.05, 0.1) is 5.56 Å². The summed E-state index contributed by atoms with van der Waals surface area (Å²) < 4.78 is 46.2. The van der Waals surface area contributed by atoms with Gasteiger partial charge in [-0.2, -0.15) is 13.2 Å². The second kappa shape index (κ2) is 8.94. The monoisotopic (exact) mass is 414 g/mol. The minimum atomic E-state index is -4.39. The third-order valence-corrected chi connectivity index (χ3v) is 5.52. The zero-order valence-corrected chi connectivity index (χ0v) is 18.2. The first-order valence-corrected chi connectivity index (χ1v) is 10.3. The molecule has 1 heterocycles. The van der Waals surface area contributed by atoms with Crippen LogP contribution < -0.4 is 0 Å². The maximum atomic E-state index is 13.5. The number of hydrogen-bond donors (Lipinski definition) is 0. The highest BCUT2D eigenvalue weighted by Crippen LogP contribution is 2.38. The second-order valence-electron chi connectivity index (χ2n) is 8.71. The number of nitrogens with zero attached hydrogens (tertiary/aromatic N) is 2. The lowest BCUT2D eigenvalue weighted by Crippen LogP contribution is -2.60. The Balaban J connectivity index is 2.30. The van der Waals surface area contributed by atoms with Crippen LogP contribution in [0, 0.1) is 0 Å². The third-order valence-electron chi connectivity index (χ3n) is 5.52. The highest BCUT2D eigenvalue weighted by Gasteiger charge is 2.41. The molecule has 1 unspecified atom stereocenters. The van der Waals surface area contributed by atoms with Gasteiger partial charge in [0.15, 0.2) is 0 Å². The van der Waals surface area contributed by atoms with E-state index in [4.69, 9.17) is 4.74 Å². The number of benzene rings is 1. The highest BCUT2D eigenvalue weighted by molar-refractivity contribution is 5.69. The summed E-state index contributed by atoms with van der Waals surface area (Å²) in [6.45, 7) is 12.3. The lowest BCUT2D eigenvalue weighted by atomic mass is 9.94. The molecule has 0 bridgehead atoms. The van der Waals surface area contributed by atoms with Crippen LogP contribution in [-0.2, 0) is 10.9 Å². The fourth-order valence-electron chi connectivity index (χ4n) is 4.00. The van der Waals surface area contributed by atoms with Gasteiger partial charge in [-0.25, -0.2) is 4.79 Å². The highest BCUT2D eigenvalue weighted by atomic mass is 19.4. The van der Waals surface area contributed by atoms with E-state index >= 15 is 0 Å². The summed E-state index contributed by atoms with van der Waals surface area (Å²) in [5.74, 6) is 0. The van der Waals surface area contributed by atoms with Crippen LogP contribution in [0.25, 0.3) is 0 Å². The molecular formula is C22H33F3N2O2. The van der Waals surface area contributed by atoms with Gasteiger partial charge in [0.1, 0.15) is 5.60 Å². The van der Waals surface area contributed by atoms with Crippen molar-refractivity contribution in [2.24, 2.45) is 0 Å². The Bertz CT molecular complexity index is 700. The summed E-state index contributed by atoms with van der Waals surface area (Å²) in [5, 5.41) is 0. The molecule has 1 saturated heterocycles. The first kappa shape index (κ1) is 23.5. The number of ether oxygens (including phenoxy) is 1. The van der Waals surface area contributed by atoms with Gasteiger partial charge < -0.3 is 9.64 Å². The van der Waals surface area contributed by atoms with E-state index in [1.54, 1.807) is 17.0 Å². The average Bonchev–Trinajstić information content (AvgIpc) is 2.64. The molecule has 0 aliphatic carbocycles. The molecule has 1 aromatic rings. The van der Waals surface area contributed by atoms with Crippen LogP contribution in [0.5, 0.6) is 0 Å². The van der Waals surface area contributed by atoms with Crippen molar-refractivity contribution in [1.29, 1.82) is 0 Å². The molecule has 0 aromatic heterocycles. The van der Waals surface area contributed by atoms with Crippen LogP contribution in [0.15, 0.2) is 24.3 Å². The number of rotatable bonds is 4. The van der Waals surface area contributed by atoms with E-state index in [1.165, 1.54) is 6.07 Å². The molecule has 1 aromatic carbocycles. The molecule has 7 heteroatoms. The van der Waals surface area contributed by atoms with Crippen molar-refractivity contribution in [3.8, 4) is 0 Å². The lowest BCUT2D eigenvalue weighted by molar-refractivity contribution is -0.139. The van der Waals surface area contributed by atoms with Crippen LogP contribution in [-0.4, -0.2) is 46.7 Å². The number of halogens is 3. The molecule has 4 nitrogen and oxygen atoms in total. The lowest BCUT2D eigenvalue weighted by Gasteiger charge is -2.48. The Morgan fingerprint density at radius 3 is 2.21 bits per heavy atom. The normalized spacial score (nSPS) is 22.4. The van der Waals surface area contributed by atoms with E-state index in [2.05, 4.69) is 4.90 Å². The van der Waals surface area contributed by atoms with Gasteiger partial charge in [-0.15, -0.1) is 0 Å². The van der Waals surface area contributed by atoms with Crippen molar-refractivity contribution in [3.05, 3.63) is 35.4 Å². The largest absolute Gasteiger partial charge is 0.444 e. The van der Waals surface area contributed by atoms with Crippen molar-refractivity contribution in [3.63, 3.8) is 0 Å². The third kappa shape index (κ3) is 5.65. The summed E-state index contributed by atoms with van der Waals surface area (Å²) >= 11 is 0. The Labute approximate surface area is 172 Å². The van der Waals surface area contributed by atoms with Gasteiger partial charge in [-0.1, -0.05) is 32.0 Å². The van der Waals surface area contributed by atoms with E-state index in [9.17, 15) is 18.0 Å². The molecule has 0 saturated carbocycles. The van der Waals surface area contributed by atoms with E-state index < -0.39 is 23.4 Å². The molecule has 0 radical (unpaired) electrons. The smallest absolute Gasteiger partial charge is 0.416 e. The number of carbonyl (C=O) groups excluding carboxylic acids is 1. The predicted molar refractivity (Wildman–Crippen MR) is 108 cm³/mol. The Morgan fingerprint density at radius 2 is 1.69 bits per heavy atom. The minimum absolute atomic E-state index is 0.0402. The minimum Gasteiger partial charge on any atom is -0.444 e. The summed E-state index contributed by atoms with van der Waals surface area (Å²) in [7, 11) is 0. The van der Waals surface area contributed by atoms with Crippen molar-refractivity contribution in [1.82, 2.24) is 9.80 Å². The van der Waals surface area contributed by atoms with Crippen molar-refractivity contribution in [2.75, 3.05) is 13.1 Å². The first-order valence-electron chi connectivity index (χ1n) is 10.3. The van der Waals surface area contributed by atoms with Crippen LogP contribution in [0.2, 0.25) is 0 Å². The van der Waals surface area contributed by atoms with Crippen molar-refractivity contribution < 1.29 is 22.7 Å². The standard InChI is InChI=1S/C22H33F3N2O2/c1-7-16-14-27(20(28)29-21(4,5)6)17(8-2)13-26(16)15(3)18-11-9-10-12-19(18)22(23,24)25/h9-12,15-17H,7-8,13-14H2,1-6H3/t15?,16-,17+/m1/s1. The maximum Gasteiger partial charge on any atom is 0.416 e. The SMILES string of the molecule is CC[C@H]1CN(C(C)c2ccccc2C(F)(F)F)[C@H](CC)CN1C(=O)OC(C)(C)C. The molecule has 0 spiro atoms. The quantitative estimate of drug-likeness (QED) is 0.617. The molecule has 29 heavy (non-hydrogen) atoms. The summed E-state index contributed by atoms with van der Waals surface area (Å²) in [5.41, 5.74) is -0.906. The van der Waals surface area contributed by atoms with Crippen LogP contribution >= 0.6 is 0 Å². The Kier molecular flexibility index (Phi) is 7.25. The molecule has 1 aliphatic heterocycles. The summed E-state index contributed by atoms with van der Waals surface area (Å²) in [6.07, 6.45) is -3.31. The van der Waals surface area contributed by atoms with Crippen molar-refractivity contribution in [2.45, 2.75) is 84.3 Å². The van der Waals surface area contributed by atoms with E-state index in [1.807, 2.05) is 41.5 Å². The van der Waals surface area contributed by atoms with Crippen LogP contribution in [0.3, 0.4) is 0 Å². The molecule has 1 fully saturated rings. The number of amides is 1. The van der Waals surface area contributed by atoms with Crippen molar-refractivity contribution >= 4 is 6.09 Å². The summed E-state index contributed by atoms with van der Waals surface area (Å²) in [6, 6.07) is 5.21. The maximum absolute atomic E-state index is 13.5. The predicted octanol–water partition coefficient (Wildman–Crippen LogP) is 5.88. The number of hydrogen-bond acceptors (Lipinski definition) is 3. The van der Waals surface area contributed by atoms with Gasteiger partial charge in [-0.05, 0) is 52.2 Å². The number of piperazine rings is 1. The van der Waals surface area contributed by atoms with E-state index in [0.717, 1.165) is 12.5 Å². The number of alkyl halides is 3. The van der Waals surface area contributed by atoms with Gasteiger partial charge >= 0.3 is 12.3 Å². The fourth-order valence-corrected chi connectivity index (χ4v) is 4.00. The van der Waals surface area contributed by atoms with E-state index in [0.29, 0.717) is 19.5 Å². The first-order chi connectivity index (χ1) is 13.4. The topological polar surface area (TPSA) is 32.8 Å². The Morgan fingerprint density at radius 1 is 1.10 bits per heavy atom. The van der Waals surface area contributed by atoms with Crippen LogP contribution in [0.1, 0.15) is 71.6 Å². The zero-order valence-electron chi connectivity index (χ0n) is 18.2. The molecule has 1 aliphatic rings. The average molecular weight is 415 g/mol. The van der Waals surface area contributed by atoms with Gasteiger partial charge in [0, 0.05) is 31.2 Å². The van der Waals surface area contributed by atoms with E-state index in [-0.39, 0.29) is 23.7 Å². The molecule has 3 atom stereocenters. The molecule has 0 N–H and O–H groups in total. The molecule has 164 valence electrons. The zero-order chi connectivity index (χ0) is 22.0. The molecule has 2 rings (SSSR count). The molecule has 1 amide bonds. The fraction of sp³-hybridized carbons (Fsp3) is 0.682. The Hall–Kier alpha value is -1.76. The van der Waals surface area contributed by atoms with Gasteiger partial charge in [-0.3, -0.25) is 4.90 Å². The van der Waals surface area contributed by atoms with Gasteiger partial charge in [0.2, 0.25) is 0 Å². The second-order valence-corrected chi connectivity index (χ2v) is 8.71.